The quantitative estimate of drug-likeness (QED) is 0.637. The van der Waals surface area contributed by atoms with Crippen LogP contribution in [0.2, 0.25) is 0 Å². The lowest BCUT2D eigenvalue weighted by atomic mass is 10.2. The van der Waals surface area contributed by atoms with Gasteiger partial charge in [0.25, 0.3) is 0 Å². The van der Waals surface area contributed by atoms with Gasteiger partial charge < -0.3 is 24.4 Å². The first-order chi connectivity index (χ1) is 14.5. The van der Waals surface area contributed by atoms with Crippen LogP contribution in [0.4, 0.5) is 5.82 Å². The lowest BCUT2D eigenvalue weighted by Crippen LogP contribution is -2.45. The van der Waals surface area contributed by atoms with Crippen LogP contribution in [0.5, 0.6) is 11.5 Å². The fraction of sp³-hybridized carbons (Fsp3) is 0.478. The van der Waals surface area contributed by atoms with E-state index in [9.17, 15) is 4.79 Å². The van der Waals surface area contributed by atoms with Crippen molar-refractivity contribution in [1.29, 1.82) is 0 Å². The van der Waals surface area contributed by atoms with Gasteiger partial charge in [-0.15, -0.1) is 0 Å². The molecule has 1 fully saturated rings. The van der Waals surface area contributed by atoms with Crippen molar-refractivity contribution >= 4 is 11.7 Å². The summed E-state index contributed by atoms with van der Waals surface area (Å²) in [5.74, 6) is 2.51. The molecule has 2 unspecified atom stereocenters. The molecule has 1 N–H and O–H groups in total. The van der Waals surface area contributed by atoms with Gasteiger partial charge in [0.05, 0.1) is 25.9 Å². The number of amides is 1. The summed E-state index contributed by atoms with van der Waals surface area (Å²) < 4.78 is 16.5. The first kappa shape index (κ1) is 21.9. The van der Waals surface area contributed by atoms with Gasteiger partial charge in [-0.1, -0.05) is 6.07 Å². The summed E-state index contributed by atoms with van der Waals surface area (Å²) in [6.07, 6.45) is 3.30. The Bertz CT molecular complexity index is 785. The third-order valence-electron chi connectivity index (χ3n) is 4.92. The Morgan fingerprint density at radius 3 is 2.47 bits per heavy atom. The number of benzene rings is 1. The summed E-state index contributed by atoms with van der Waals surface area (Å²) in [7, 11) is 1.63. The standard InChI is InChI=1S/C23H31N3O4/c1-17-15-26(16-18(2)30-17)22-11-6-19(13-24-22)14-25-23(27)5-4-12-29-21-9-7-20(28-3)8-10-21/h6-11,13,17-18H,4-5,12,14-16H2,1-3H3,(H,25,27). The molecular formula is C23H31N3O4. The molecule has 0 radical (unpaired) electrons. The minimum absolute atomic E-state index is 0.00763. The fourth-order valence-electron chi connectivity index (χ4n) is 3.46. The van der Waals surface area contributed by atoms with Crippen molar-refractivity contribution in [2.75, 3.05) is 31.7 Å². The molecular weight excluding hydrogens is 382 g/mol. The summed E-state index contributed by atoms with van der Waals surface area (Å²) in [5.41, 5.74) is 0.982. The highest BCUT2D eigenvalue weighted by molar-refractivity contribution is 5.75. The largest absolute Gasteiger partial charge is 0.497 e. The Kier molecular flexibility index (Phi) is 7.90. The van der Waals surface area contributed by atoms with Gasteiger partial charge in [0.15, 0.2) is 0 Å². The van der Waals surface area contributed by atoms with Gasteiger partial charge in [0, 0.05) is 32.3 Å². The van der Waals surface area contributed by atoms with Crippen LogP contribution in [0.1, 0.15) is 32.3 Å². The van der Waals surface area contributed by atoms with Gasteiger partial charge in [0.2, 0.25) is 5.91 Å². The number of hydrogen-bond acceptors (Lipinski definition) is 6. The number of carbonyl (C=O) groups excluding carboxylic acids is 1. The molecule has 1 amide bonds. The highest BCUT2D eigenvalue weighted by Gasteiger charge is 2.22. The van der Waals surface area contributed by atoms with E-state index in [1.54, 1.807) is 7.11 Å². The molecule has 1 saturated heterocycles. The molecule has 1 aliphatic rings. The number of methoxy groups -OCH3 is 1. The number of anilines is 1. The number of pyridine rings is 1. The Morgan fingerprint density at radius 2 is 1.83 bits per heavy atom. The molecule has 7 heteroatoms. The second-order valence-electron chi connectivity index (χ2n) is 7.59. The van der Waals surface area contributed by atoms with Crippen LogP contribution in [0.25, 0.3) is 0 Å². The number of nitrogens with zero attached hydrogens (tertiary/aromatic N) is 2. The van der Waals surface area contributed by atoms with Crippen molar-refractivity contribution in [3.8, 4) is 11.5 Å². The molecule has 1 aromatic carbocycles. The molecule has 2 atom stereocenters. The molecule has 7 nitrogen and oxygen atoms in total. The smallest absolute Gasteiger partial charge is 0.220 e. The van der Waals surface area contributed by atoms with Gasteiger partial charge in [-0.25, -0.2) is 4.98 Å². The van der Waals surface area contributed by atoms with Crippen molar-refractivity contribution in [3.63, 3.8) is 0 Å². The number of hydrogen-bond donors (Lipinski definition) is 1. The fourth-order valence-corrected chi connectivity index (χ4v) is 3.46. The van der Waals surface area contributed by atoms with Gasteiger partial charge in [-0.3, -0.25) is 4.79 Å². The number of rotatable bonds is 9. The van der Waals surface area contributed by atoms with Crippen molar-refractivity contribution in [2.24, 2.45) is 0 Å². The van der Waals surface area contributed by atoms with Gasteiger partial charge >= 0.3 is 0 Å². The number of aromatic nitrogens is 1. The number of nitrogens with one attached hydrogen (secondary N) is 1. The molecule has 30 heavy (non-hydrogen) atoms. The topological polar surface area (TPSA) is 72.9 Å². The van der Waals surface area contributed by atoms with Crippen molar-refractivity contribution in [1.82, 2.24) is 10.3 Å². The highest BCUT2D eigenvalue weighted by Crippen LogP contribution is 2.19. The summed E-state index contributed by atoms with van der Waals surface area (Å²) in [6.45, 7) is 6.80. The van der Waals surface area contributed by atoms with Crippen LogP contribution in [0.15, 0.2) is 42.6 Å². The lowest BCUT2D eigenvalue weighted by Gasteiger charge is -2.36. The zero-order valence-electron chi connectivity index (χ0n) is 18.0. The molecule has 0 saturated carbocycles. The molecule has 162 valence electrons. The van der Waals surface area contributed by atoms with Crippen LogP contribution in [0.3, 0.4) is 0 Å². The summed E-state index contributed by atoms with van der Waals surface area (Å²) >= 11 is 0. The zero-order valence-corrected chi connectivity index (χ0v) is 18.0. The van der Waals surface area contributed by atoms with Gasteiger partial charge in [-0.2, -0.15) is 0 Å². The van der Waals surface area contributed by atoms with E-state index >= 15 is 0 Å². The van der Waals surface area contributed by atoms with E-state index in [0.29, 0.717) is 26.0 Å². The first-order valence-corrected chi connectivity index (χ1v) is 10.4. The average molecular weight is 414 g/mol. The van der Waals surface area contributed by atoms with Crippen LogP contribution in [-0.2, 0) is 16.1 Å². The molecule has 1 aliphatic heterocycles. The first-order valence-electron chi connectivity index (χ1n) is 10.4. The number of morpholine rings is 1. The van der Waals surface area contributed by atoms with E-state index < -0.39 is 0 Å². The minimum Gasteiger partial charge on any atom is -0.497 e. The molecule has 2 heterocycles. The maximum absolute atomic E-state index is 12.1. The van der Waals surface area contributed by atoms with Crippen molar-refractivity contribution in [2.45, 2.75) is 45.4 Å². The van der Waals surface area contributed by atoms with Gasteiger partial charge in [0.1, 0.15) is 17.3 Å². The molecule has 3 rings (SSSR count). The second kappa shape index (κ2) is 10.8. The monoisotopic (exact) mass is 413 g/mol. The van der Waals surface area contributed by atoms with E-state index in [1.807, 2.05) is 42.6 Å². The number of carbonyl (C=O) groups is 1. The van der Waals surface area contributed by atoms with Crippen molar-refractivity contribution in [3.05, 3.63) is 48.2 Å². The summed E-state index contributed by atoms with van der Waals surface area (Å²) in [4.78, 5) is 18.9. The second-order valence-corrected chi connectivity index (χ2v) is 7.59. The van der Waals surface area contributed by atoms with E-state index in [2.05, 4.69) is 29.0 Å². The van der Waals surface area contributed by atoms with Crippen LogP contribution < -0.4 is 19.7 Å². The number of ether oxygens (including phenoxy) is 3. The molecule has 1 aromatic heterocycles. The SMILES string of the molecule is COc1ccc(OCCCC(=O)NCc2ccc(N3CC(C)OC(C)C3)nc2)cc1. The van der Waals surface area contributed by atoms with Gasteiger partial charge in [-0.05, 0) is 56.2 Å². The third-order valence-corrected chi connectivity index (χ3v) is 4.92. The van der Waals surface area contributed by atoms with E-state index in [1.165, 1.54) is 0 Å². The lowest BCUT2D eigenvalue weighted by molar-refractivity contribution is -0.121. The summed E-state index contributed by atoms with van der Waals surface area (Å²) in [5, 5.41) is 2.94. The molecule has 0 spiro atoms. The normalized spacial score (nSPS) is 18.7. The minimum atomic E-state index is 0.00763. The van der Waals surface area contributed by atoms with E-state index in [-0.39, 0.29) is 18.1 Å². The maximum atomic E-state index is 12.1. The van der Waals surface area contributed by atoms with E-state index in [0.717, 1.165) is 36.0 Å². The predicted octanol–water partition coefficient (Wildman–Crippen LogP) is 3.18. The zero-order chi connectivity index (χ0) is 21.3. The Hall–Kier alpha value is -2.80. The van der Waals surface area contributed by atoms with Crippen LogP contribution in [0, 0.1) is 0 Å². The van der Waals surface area contributed by atoms with E-state index in [4.69, 9.17) is 14.2 Å². The molecule has 0 bridgehead atoms. The van der Waals surface area contributed by atoms with Crippen LogP contribution in [-0.4, -0.2) is 49.9 Å². The van der Waals surface area contributed by atoms with Crippen LogP contribution >= 0.6 is 0 Å². The average Bonchev–Trinajstić information content (AvgIpc) is 2.75. The summed E-state index contributed by atoms with van der Waals surface area (Å²) in [6, 6.07) is 11.4. The maximum Gasteiger partial charge on any atom is 0.220 e. The molecule has 2 aromatic rings. The molecule has 0 aliphatic carbocycles. The Labute approximate surface area is 178 Å². The van der Waals surface area contributed by atoms with Crippen molar-refractivity contribution < 1.29 is 19.0 Å². The third kappa shape index (κ3) is 6.62. The Morgan fingerprint density at radius 1 is 1.13 bits per heavy atom. The highest BCUT2D eigenvalue weighted by atomic mass is 16.5. The Balaban J connectivity index is 1.35. The predicted molar refractivity (Wildman–Crippen MR) is 116 cm³/mol.